The van der Waals surface area contributed by atoms with Crippen molar-refractivity contribution >= 4 is 11.8 Å². The summed E-state index contributed by atoms with van der Waals surface area (Å²) in [5, 5.41) is 9.22. The van der Waals surface area contributed by atoms with Gasteiger partial charge in [-0.3, -0.25) is 4.79 Å². The van der Waals surface area contributed by atoms with E-state index in [0.29, 0.717) is 24.0 Å². The predicted octanol–water partition coefficient (Wildman–Crippen LogP) is 1.12. The number of carbonyl (C=O) groups is 2. The van der Waals surface area contributed by atoms with Crippen LogP contribution < -0.4 is 0 Å². The van der Waals surface area contributed by atoms with Gasteiger partial charge in [-0.2, -0.15) is 0 Å². The molecule has 2 heterocycles. The van der Waals surface area contributed by atoms with Gasteiger partial charge >= 0.3 is 5.97 Å². The zero-order valence-corrected chi connectivity index (χ0v) is 11.6. The number of rotatable bonds is 1. The number of Topliss-reactive ketones (excluding diaryl/α,β-unsaturated/α-hetero) is 1. The Kier molecular flexibility index (Phi) is 3.06. The standard InChI is InChI=1S/C15H18O5/c1-8-5-15(6-9(2)14(18)20-15)19-13-11(8)4-3-10(7-16)12(13)17/h3,6,8,11,13,16H,4-5,7H2,1-2H3/t8-,11+,13+,15+/m0/s1. The van der Waals surface area contributed by atoms with Crippen molar-refractivity contribution in [3.63, 3.8) is 0 Å². The Balaban J connectivity index is 1.92. The molecule has 3 aliphatic rings. The number of aliphatic hydroxyl groups is 1. The fourth-order valence-corrected chi connectivity index (χ4v) is 3.37. The predicted molar refractivity (Wildman–Crippen MR) is 69.5 cm³/mol. The molecule has 108 valence electrons. The molecule has 5 nitrogen and oxygen atoms in total. The first-order valence-electron chi connectivity index (χ1n) is 6.90. The van der Waals surface area contributed by atoms with Crippen molar-refractivity contribution in [3.05, 3.63) is 23.3 Å². The second-order valence-electron chi connectivity index (χ2n) is 5.90. The van der Waals surface area contributed by atoms with E-state index in [9.17, 15) is 14.7 Å². The van der Waals surface area contributed by atoms with E-state index in [1.807, 2.05) is 6.92 Å². The van der Waals surface area contributed by atoms with Gasteiger partial charge in [0.2, 0.25) is 5.79 Å². The van der Waals surface area contributed by atoms with Crippen LogP contribution in [0.15, 0.2) is 23.3 Å². The molecule has 0 amide bonds. The van der Waals surface area contributed by atoms with E-state index in [4.69, 9.17) is 9.47 Å². The Hall–Kier alpha value is -1.46. The molecule has 5 heteroatoms. The van der Waals surface area contributed by atoms with Crippen LogP contribution >= 0.6 is 0 Å². The van der Waals surface area contributed by atoms with Crippen molar-refractivity contribution in [1.82, 2.24) is 0 Å². The fraction of sp³-hybridized carbons (Fsp3) is 0.600. The summed E-state index contributed by atoms with van der Waals surface area (Å²) < 4.78 is 11.2. The van der Waals surface area contributed by atoms with Gasteiger partial charge in [-0.25, -0.2) is 4.79 Å². The number of aliphatic hydroxyl groups excluding tert-OH is 1. The van der Waals surface area contributed by atoms with Crippen molar-refractivity contribution < 1.29 is 24.2 Å². The number of hydrogen-bond donors (Lipinski definition) is 1. The molecule has 0 aromatic carbocycles. The van der Waals surface area contributed by atoms with Gasteiger partial charge in [-0.1, -0.05) is 13.0 Å². The van der Waals surface area contributed by atoms with Gasteiger partial charge in [0.25, 0.3) is 0 Å². The monoisotopic (exact) mass is 278 g/mol. The Bertz CT molecular complexity index is 532. The average molecular weight is 278 g/mol. The molecule has 0 aromatic heterocycles. The van der Waals surface area contributed by atoms with Crippen molar-refractivity contribution in [2.75, 3.05) is 6.61 Å². The van der Waals surface area contributed by atoms with Crippen LogP contribution in [0.4, 0.5) is 0 Å². The van der Waals surface area contributed by atoms with Crippen LogP contribution in [0.5, 0.6) is 0 Å². The van der Waals surface area contributed by atoms with E-state index in [0.717, 1.165) is 0 Å². The number of allylic oxidation sites excluding steroid dienone is 1. The molecule has 1 spiro atoms. The average Bonchev–Trinajstić information content (AvgIpc) is 2.65. The molecular formula is C15H18O5. The zero-order chi connectivity index (χ0) is 14.5. The third-order valence-corrected chi connectivity index (χ3v) is 4.46. The van der Waals surface area contributed by atoms with E-state index in [2.05, 4.69) is 0 Å². The smallest absolute Gasteiger partial charge is 0.336 e. The Morgan fingerprint density at radius 1 is 1.45 bits per heavy atom. The first-order chi connectivity index (χ1) is 9.46. The highest BCUT2D eigenvalue weighted by molar-refractivity contribution is 6.00. The Morgan fingerprint density at radius 2 is 2.20 bits per heavy atom. The highest BCUT2D eigenvalue weighted by Crippen LogP contribution is 2.45. The molecule has 20 heavy (non-hydrogen) atoms. The molecule has 4 atom stereocenters. The number of carbonyl (C=O) groups excluding carboxylic acids is 2. The molecule has 1 N–H and O–H groups in total. The quantitative estimate of drug-likeness (QED) is 0.728. The molecule has 0 aromatic rings. The van der Waals surface area contributed by atoms with Crippen LogP contribution in [0, 0.1) is 11.8 Å². The van der Waals surface area contributed by atoms with Crippen molar-refractivity contribution in [3.8, 4) is 0 Å². The SMILES string of the molecule is CC1=C[C@@]2(C[C@H](C)[C@H]3CC=C(CO)C(=O)[C@@H]3O2)OC1=O. The lowest BCUT2D eigenvalue weighted by molar-refractivity contribution is -0.251. The molecule has 3 rings (SSSR count). The van der Waals surface area contributed by atoms with Crippen LogP contribution in [-0.4, -0.2) is 35.4 Å². The van der Waals surface area contributed by atoms with E-state index in [1.54, 1.807) is 19.1 Å². The number of hydrogen-bond acceptors (Lipinski definition) is 5. The van der Waals surface area contributed by atoms with Crippen LogP contribution in [0.25, 0.3) is 0 Å². The summed E-state index contributed by atoms with van der Waals surface area (Å²) in [6.45, 7) is 3.45. The maximum absolute atomic E-state index is 12.3. The molecule has 0 bridgehead atoms. The fourth-order valence-electron chi connectivity index (χ4n) is 3.37. The molecular weight excluding hydrogens is 260 g/mol. The minimum atomic E-state index is -1.10. The van der Waals surface area contributed by atoms with Gasteiger partial charge < -0.3 is 14.6 Å². The van der Waals surface area contributed by atoms with Gasteiger partial charge in [0.15, 0.2) is 5.78 Å². The number of ketones is 1. The van der Waals surface area contributed by atoms with E-state index < -0.39 is 17.9 Å². The minimum absolute atomic E-state index is 0.0800. The first kappa shape index (κ1) is 13.5. The largest absolute Gasteiger partial charge is 0.426 e. The third kappa shape index (κ3) is 1.93. The number of ether oxygens (including phenoxy) is 2. The molecule has 1 aliphatic carbocycles. The number of esters is 1. The lowest BCUT2D eigenvalue weighted by Gasteiger charge is -2.45. The molecule has 2 aliphatic heterocycles. The molecule has 1 fully saturated rings. The summed E-state index contributed by atoms with van der Waals surface area (Å²) in [6.07, 6.45) is 4.10. The summed E-state index contributed by atoms with van der Waals surface area (Å²) in [5.41, 5.74) is 0.900. The normalized spacial score (nSPS) is 40.2. The lowest BCUT2D eigenvalue weighted by atomic mass is 9.73. The van der Waals surface area contributed by atoms with E-state index in [1.165, 1.54) is 0 Å². The van der Waals surface area contributed by atoms with E-state index >= 15 is 0 Å². The highest BCUT2D eigenvalue weighted by Gasteiger charge is 2.52. The zero-order valence-electron chi connectivity index (χ0n) is 11.6. The van der Waals surface area contributed by atoms with Crippen molar-refractivity contribution in [2.45, 2.75) is 38.6 Å². The second kappa shape index (κ2) is 4.53. The van der Waals surface area contributed by atoms with Crippen LogP contribution in [-0.2, 0) is 19.1 Å². The van der Waals surface area contributed by atoms with Gasteiger partial charge in [-0.15, -0.1) is 0 Å². The Morgan fingerprint density at radius 3 is 2.80 bits per heavy atom. The summed E-state index contributed by atoms with van der Waals surface area (Å²) in [6, 6.07) is 0. The van der Waals surface area contributed by atoms with Crippen LogP contribution in [0.3, 0.4) is 0 Å². The molecule has 0 unspecified atom stereocenters. The maximum Gasteiger partial charge on any atom is 0.336 e. The molecule has 0 radical (unpaired) electrons. The second-order valence-corrected chi connectivity index (χ2v) is 5.90. The Labute approximate surface area is 117 Å². The molecule has 0 saturated carbocycles. The summed E-state index contributed by atoms with van der Waals surface area (Å²) in [5.74, 6) is -1.41. The topological polar surface area (TPSA) is 72.8 Å². The van der Waals surface area contributed by atoms with Crippen molar-refractivity contribution in [1.29, 1.82) is 0 Å². The minimum Gasteiger partial charge on any atom is -0.426 e. The van der Waals surface area contributed by atoms with Gasteiger partial charge in [0.05, 0.1) is 6.61 Å². The first-order valence-corrected chi connectivity index (χ1v) is 6.90. The van der Waals surface area contributed by atoms with E-state index in [-0.39, 0.29) is 24.2 Å². The van der Waals surface area contributed by atoms with Crippen LogP contribution in [0.2, 0.25) is 0 Å². The summed E-state index contributed by atoms with van der Waals surface area (Å²) in [4.78, 5) is 23.9. The highest BCUT2D eigenvalue weighted by atomic mass is 16.7. The van der Waals surface area contributed by atoms with Crippen LogP contribution in [0.1, 0.15) is 26.7 Å². The third-order valence-electron chi connectivity index (χ3n) is 4.46. The van der Waals surface area contributed by atoms with Crippen molar-refractivity contribution in [2.24, 2.45) is 11.8 Å². The van der Waals surface area contributed by atoms with Gasteiger partial charge in [0, 0.05) is 17.6 Å². The lowest BCUT2D eigenvalue weighted by Crippen LogP contribution is -2.53. The molecule has 1 saturated heterocycles. The van der Waals surface area contributed by atoms with Gasteiger partial charge in [-0.05, 0) is 31.3 Å². The number of fused-ring (bicyclic) bond motifs is 1. The maximum atomic E-state index is 12.3. The van der Waals surface area contributed by atoms with Gasteiger partial charge in [0.1, 0.15) is 6.10 Å². The summed E-state index contributed by atoms with van der Waals surface area (Å²) in [7, 11) is 0. The summed E-state index contributed by atoms with van der Waals surface area (Å²) >= 11 is 0.